The van der Waals surface area contributed by atoms with E-state index in [1.807, 2.05) is 6.92 Å². The monoisotopic (exact) mass is 625 g/mol. The van der Waals surface area contributed by atoms with Crippen LogP contribution in [0.5, 0.6) is 5.75 Å². The molecule has 2 aliphatic heterocycles. The molecule has 220 valence electrons. The summed E-state index contributed by atoms with van der Waals surface area (Å²) < 4.78 is 40.6. The van der Waals surface area contributed by atoms with Crippen LogP contribution >= 0.6 is 23.1 Å². The topological polar surface area (TPSA) is 109 Å². The largest absolute Gasteiger partial charge is 0.508 e. The first kappa shape index (κ1) is 28.7. The first-order valence-electron chi connectivity index (χ1n) is 13.0. The van der Waals surface area contributed by atoms with Gasteiger partial charge in [0.2, 0.25) is 17.7 Å². The van der Waals surface area contributed by atoms with Gasteiger partial charge in [-0.25, -0.2) is 4.90 Å². The van der Waals surface area contributed by atoms with Crippen molar-refractivity contribution in [3.05, 3.63) is 104 Å². The normalized spacial score (nSPS) is 19.7. The Labute approximate surface area is 250 Å². The number of benzene rings is 3. The van der Waals surface area contributed by atoms with Crippen LogP contribution in [0.4, 0.5) is 24.5 Å². The van der Waals surface area contributed by atoms with Gasteiger partial charge in [0, 0.05) is 22.0 Å². The second-order valence-corrected chi connectivity index (χ2v) is 12.3. The number of amides is 3. The SMILES string of the molecule is Cc1ccc(N2C(=O)C3Sc4c(sc(=O)n4CC(=O)Nc4cccc(C(F)(F)F)c4)C(c4ccccc4O)C3C2=O)cc1. The van der Waals surface area contributed by atoms with E-state index in [9.17, 15) is 37.5 Å². The van der Waals surface area contributed by atoms with E-state index in [4.69, 9.17) is 0 Å². The number of hydrogen-bond donors (Lipinski definition) is 2. The molecule has 13 heteroatoms. The number of nitrogens with one attached hydrogen (secondary N) is 1. The van der Waals surface area contributed by atoms with Gasteiger partial charge in [-0.15, -0.1) is 0 Å². The number of thioether (sulfide) groups is 1. The Kier molecular flexibility index (Phi) is 7.17. The van der Waals surface area contributed by atoms with Crippen LogP contribution in [-0.4, -0.2) is 32.6 Å². The van der Waals surface area contributed by atoms with E-state index in [1.165, 1.54) is 12.1 Å². The fraction of sp³-hybridized carbons (Fsp3) is 0.200. The molecule has 3 atom stereocenters. The summed E-state index contributed by atoms with van der Waals surface area (Å²) in [7, 11) is 0. The Balaban J connectivity index is 1.39. The average Bonchev–Trinajstić information content (AvgIpc) is 3.40. The molecular formula is C30H22F3N3O5S2. The van der Waals surface area contributed by atoms with E-state index in [0.717, 1.165) is 56.3 Å². The highest BCUT2D eigenvalue weighted by molar-refractivity contribution is 8.00. The Morgan fingerprint density at radius 2 is 1.70 bits per heavy atom. The van der Waals surface area contributed by atoms with Gasteiger partial charge >= 0.3 is 11.0 Å². The van der Waals surface area contributed by atoms with Crippen molar-refractivity contribution in [1.29, 1.82) is 0 Å². The lowest BCUT2D eigenvalue weighted by atomic mass is 9.82. The highest BCUT2D eigenvalue weighted by Gasteiger charge is 2.57. The Morgan fingerprint density at radius 3 is 2.40 bits per heavy atom. The van der Waals surface area contributed by atoms with Crippen LogP contribution in [0.25, 0.3) is 0 Å². The Bertz CT molecular complexity index is 1830. The number of fused-ring (bicyclic) bond motifs is 2. The molecule has 43 heavy (non-hydrogen) atoms. The van der Waals surface area contributed by atoms with Crippen LogP contribution in [0.1, 0.15) is 27.5 Å². The molecule has 3 heterocycles. The summed E-state index contributed by atoms with van der Waals surface area (Å²) in [6, 6.07) is 17.4. The van der Waals surface area contributed by atoms with Gasteiger partial charge in [-0.3, -0.25) is 23.7 Å². The van der Waals surface area contributed by atoms with Crippen LogP contribution in [0, 0.1) is 12.8 Å². The molecule has 3 unspecified atom stereocenters. The van der Waals surface area contributed by atoms with E-state index in [-0.39, 0.29) is 16.5 Å². The zero-order valence-electron chi connectivity index (χ0n) is 22.3. The first-order chi connectivity index (χ1) is 20.4. The molecule has 4 aromatic rings. The quantitative estimate of drug-likeness (QED) is 0.289. The van der Waals surface area contributed by atoms with Gasteiger partial charge < -0.3 is 10.4 Å². The molecule has 0 bridgehead atoms. The number of imide groups is 1. The number of aromatic hydroxyl groups is 1. The van der Waals surface area contributed by atoms with Gasteiger partial charge in [0.15, 0.2) is 0 Å². The number of aryl methyl sites for hydroxylation is 1. The number of anilines is 2. The van der Waals surface area contributed by atoms with Crippen molar-refractivity contribution in [2.75, 3.05) is 10.2 Å². The standard InChI is InChI=1S/C30H22F3N3O5S2/c1-15-9-11-18(12-10-15)36-26(39)23-22(19-7-2-3-8-20(19)37)25-28(42-24(23)27(36)40)35(29(41)43-25)14-21(38)34-17-6-4-5-16(13-17)30(31,32)33/h2-13,22-24,37H,14H2,1H3,(H,34,38). The Morgan fingerprint density at radius 1 is 0.977 bits per heavy atom. The van der Waals surface area contributed by atoms with Crippen molar-refractivity contribution in [3.63, 3.8) is 0 Å². The average molecular weight is 626 g/mol. The van der Waals surface area contributed by atoms with Gasteiger partial charge in [0.25, 0.3) is 0 Å². The van der Waals surface area contributed by atoms with Gasteiger partial charge in [0.05, 0.1) is 22.2 Å². The predicted octanol–water partition coefficient (Wildman–Crippen LogP) is 5.38. The molecule has 2 aliphatic rings. The molecule has 1 fully saturated rings. The molecule has 8 nitrogen and oxygen atoms in total. The number of halogens is 3. The van der Waals surface area contributed by atoms with Gasteiger partial charge in [-0.05, 0) is 43.3 Å². The number of para-hydroxylation sites is 1. The molecule has 0 spiro atoms. The van der Waals surface area contributed by atoms with E-state index in [1.54, 1.807) is 42.5 Å². The highest BCUT2D eigenvalue weighted by atomic mass is 32.2. The highest BCUT2D eigenvalue weighted by Crippen LogP contribution is 2.55. The van der Waals surface area contributed by atoms with Crippen molar-refractivity contribution in [3.8, 4) is 5.75 Å². The summed E-state index contributed by atoms with van der Waals surface area (Å²) >= 11 is 1.80. The number of phenolic OH excluding ortho intramolecular Hbond substituents is 1. The minimum atomic E-state index is -4.60. The maximum Gasteiger partial charge on any atom is 0.416 e. The van der Waals surface area contributed by atoms with Gasteiger partial charge in [0.1, 0.15) is 17.5 Å². The number of thiazole rings is 1. The van der Waals surface area contributed by atoms with E-state index < -0.39 is 58.0 Å². The third-order valence-electron chi connectivity index (χ3n) is 7.39. The molecule has 3 amide bonds. The lowest BCUT2D eigenvalue weighted by Gasteiger charge is -2.31. The summed E-state index contributed by atoms with van der Waals surface area (Å²) in [5.41, 5.74) is 0.657. The minimum absolute atomic E-state index is 0.0953. The zero-order valence-corrected chi connectivity index (χ0v) is 23.9. The maximum absolute atomic E-state index is 13.9. The Hall–Kier alpha value is -4.36. The van der Waals surface area contributed by atoms with Gasteiger partial charge in [-0.1, -0.05) is 65.1 Å². The van der Waals surface area contributed by atoms with Crippen LogP contribution < -0.4 is 15.1 Å². The molecule has 1 saturated heterocycles. The minimum Gasteiger partial charge on any atom is -0.508 e. The van der Waals surface area contributed by atoms with Gasteiger partial charge in [-0.2, -0.15) is 13.2 Å². The molecule has 2 N–H and O–H groups in total. The number of alkyl halides is 3. The number of carbonyl (C=O) groups excluding carboxylic acids is 3. The van der Waals surface area contributed by atoms with E-state index in [0.29, 0.717) is 16.1 Å². The fourth-order valence-corrected chi connectivity index (χ4v) is 8.17. The van der Waals surface area contributed by atoms with Crippen LogP contribution in [0.2, 0.25) is 0 Å². The second-order valence-electron chi connectivity index (χ2n) is 10.2. The van der Waals surface area contributed by atoms with Crippen molar-refractivity contribution < 1.29 is 32.7 Å². The summed E-state index contributed by atoms with van der Waals surface area (Å²) in [5.74, 6) is -3.63. The molecule has 0 saturated carbocycles. The third kappa shape index (κ3) is 5.12. The zero-order chi connectivity index (χ0) is 30.6. The molecular weight excluding hydrogens is 603 g/mol. The summed E-state index contributed by atoms with van der Waals surface area (Å²) in [6.45, 7) is 1.34. The molecule has 1 aromatic heterocycles. The van der Waals surface area contributed by atoms with Crippen molar-refractivity contribution in [1.82, 2.24) is 4.57 Å². The number of carbonyl (C=O) groups is 3. The van der Waals surface area contributed by atoms with E-state index >= 15 is 0 Å². The molecule has 0 aliphatic carbocycles. The summed E-state index contributed by atoms with van der Waals surface area (Å²) in [4.78, 5) is 54.9. The van der Waals surface area contributed by atoms with Crippen LogP contribution in [-0.2, 0) is 27.1 Å². The lowest BCUT2D eigenvalue weighted by Crippen LogP contribution is -2.33. The van der Waals surface area contributed by atoms with Crippen molar-refractivity contribution >= 4 is 52.2 Å². The van der Waals surface area contributed by atoms with Crippen LogP contribution in [0.3, 0.4) is 0 Å². The molecule has 3 aromatic carbocycles. The number of aromatic nitrogens is 1. The number of rotatable bonds is 5. The number of nitrogens with zero attached hydrogens (tertiary/aromatic N) is 2. The summed E-state index contributed by atoms with van der Waals surface area (Å²) in [5, 5.41) is 12.5. The lowest BCUT2D eigenvalue weighted by molar-refractivity contribution is -0.137. The summed E-state index contributed by atoms with van der Waals surface area (Å²) in [6.07, 6.45) is -4.60. The van der Waals surface area contributed by atoms with Crippen molar-refractivity contribution in [2.24, 2.45) is 5.92 Å². The smallest absolute Gasteiger partial charge is 0.416 e. The van der Waals surface area contributed by atoms with E-state index in [2.05, 4.69) is 5.32 Å². The predicted molar refractivity (Wildman–Crippen MR) is 155 cm³/mol. The maximum atomic E-state index is 13.9. The fourth-order valence-electron chi connectivity index (χ4n) is 5.41. The first-order valence-corrected chi connectivity index (χ1v) is 14.7. The van der Waals surface area contributed by atoms with Crippen molar-refractivity contribution in [2.45, 2.75) is 35.8 Å². The molecule has 0 radical (unpaired) electrons. The second kappa shape index (κ2) is 10.7. The van der Waals surface area contributed by atoms with Crippen LogP contribution in [0.15, 0.2) is 82.6 Å². The molecule has 6 rings (SSSR count). The number of phenols is 1. The number of hydrogen-bond acceptors (Lipinski definition) is 7. The third-order valence-corrected chi connectivity index (χ3v) is 9.99.